The number of alkyl halides is 3. The van der Waals surface area contributed by atoms with Crippen molar-refractivity contribution in [1.29, 1.82) is 0 Å². The van der Waals surface area contributed by atoms with E-state index in [1.165, 1.54) is 12.1 Å². The molecule has 2 rings (SSSR count). The Morgan fingerprint density at radius 2 is 1.73 bits per heavy atom. The molecule has 0 aliphatic heterocycles. The van der Waals surface area contributed by atoms with Gasteiger partial charge in [-0.1, -0.05) is 31.4 Å². The third kappa shape index (κ3) is 4.44. The van der Waals surface area contributed by atoms with Gasteiger partial charge in [0, 0.05) is 0 Å². The lowest BCUT2D eigenvalue weighted by atomic mass is 9.65. The molecular weight excluding hydrogens is 349 g/mol. The van der Waals surface area contributed by atoms with Crippen molar-refractivity contribution in [3.8, 4) is 0 Å². The van der Waals surface area contributed by atoms with Gasteiger partial charge in [0.05, 0.1) is 23.7 Å². The molecule has 1 fully saturated rings. The standard InChI is InChI=1S/C19H23F3O4/c1-2-26-16(24)12-15(23)18(10-4-3-5-11-18)17(25)13-6-8-14(9-7-13)19(20,21)22/h6-9,17,25H,2-5,10-12H2,1H3. The van der Waals surface area contributed by atoms with Gasteiger partial charge >= 0.3 is 12.1 Å². The van der Waals surface area contributed by atoms with Crippen molar-refractivity contribution in [3.05, 3.63) is 35.4 Å². The Balaban J connectivity index is 2.27. The lowest BCUT2D eigenvalue weighted by molar-refractivity contribution is -0.152. The van der Waals surface area contributed by atoms with Gasteiger partial charge in [0.25, 0.3) is 0 Å². The second-order valence-electron chi connectivity index (χ2n) is 6.64. The zero-order valence-corrected chi connectivity index (χ0v) is 14.6. The van der Waals surface area contributed by atoms with Gasteiger partial charge in [-0.05, 0) is 37.5 Å². The first-order valence-electron chi connectivity index (χ1n) is 8.75. The highest BCUT2D eigenvalue weighted by Gasteiger charge is 2.46. The molecule has 7 heteroatoms. The molecule has 0 aromatic heterocycles. The van der Waals surface area contributed by atoms with Crippen LogP contribution >= 0.6 is 0 Å². The number of carbonyl (C=O) groups is 2. The molecule has 1 aliphatic rings. The molecular formula is C19H23F3O4. The first-order chi connectivity index (χ1) is 12.2. The van der Waals surface area contributed by atoms with Gasteiger partial charge in [0.15, 0.2) is 5.78 Å². The molecule has 0 spiro atoms. The van der Waals surface area contributed by atoms with Crippen LogP contribution in [0.4, 0.5) is 13.2 Å². The van der Waals surface area contributed by atoms with Gasteiger partial charge in [0.1, 0.15) is 6.42 Å². The lowest BCUT2D eigenvalue weighted by Crippen LogP contribution is -2.40. The van der Waals surface area contributed by atoms with Gasteiger partial charge in [-0.25, -0.2) is 0 Å². The topological polar surface area (TPSA) is 63.6 Å². The summed E-state index contributed by atoms with van der Waals surface area (Å²) in [4.78, 5) is 24.5. The van der Waals surface area contributed by atoms with E-state index in [1.807, 2.05) is 0 Å². The largest absolute Gasteiger partial charge is 0.466 e. The van der Waals surface area contributed by atoms with E-state index in [2.05, 4.69) is 0 Å². The monoisotopic (exact) mass is 372 g/mol. The predicted octanol–water partition coefficient (Wildman–Crippen LogP) is 4.21. The van der Waals surface area contributed by atoms with Crippen LogP contribution in [0.2, 0.25) is 0 Å². The molecule has 26 heavy (non-hydrogen) atoms. The second kappa shape index (κ2) is 8.20. The molecule has 1 aliphatic carbocycles. The summed E-state index contributed by atoms with van der Waals surface area (Å²) in [6, 6.07) is 4.18. The van der Waals surface area contributed by atoms with Crippen LogP contribution in [-0.2, 0) is 20.5 Å². The minimum absolute atomic E-state index is 0.153. The van der Waals surface area contributed by atoms with Crippen LogP contribution in [0.15, 0.2) is 24.3 Å². The van der Waals surface area contributed by atoms with E-state index in [0.29, 0.717) is 25.7 Å². The van der Waals surface area contributed by atoms with Crippen molar-refractivity contribution in [2.24, 2.45) is 5.41 Å². The van der Waals surface area contributed by atoms with Crippen molar-refractivity contribution in [1.82, 2.24) is 0 Å². The first kappa shape index (κ1) is 20.4. The van der Waals surface area contributed by atoms with E-state index in [-0.39, 0.29) is 12.2 Å². The predicted molar refractivity (Wildman–Crippen MR) is 88.2 cm³/mol. The van der Waals surface area contributed by atoms with E-state index < -0.39 is 41.4 Å². The van der Waals surface area contributed by atoms with Crippen LogP contribution in [0, 0.1) is 5.41 Å². The molecule has 1 aromatic carbocycles. The van der Waals surface area contributed by atoms with Gasteiger partial charge in [-0.2, -0.15) is 13.2 Å². The zero-order valence-electron chi connectivity index (χ0n) is 14.6. The number of esters is 1. The van der Waals surface area contributed by atoms with Crippen molar-refractivity contribution in [2.45, 2.75) is 57.7 Å². The van der Waals surface area contributed by atoms with Crippen molar-refractivity contribution >= 4 is 11.8 Å². The molecule has 0 amide bonds. The van der Waals surface area contributed by atoms with Crippen LogP contribution in [0.25, 0.3) is 0 Å². The first-order valence-corrected chi connectivity index (χ1v) is 8.75. The number of ether oxygens (including phenoxy) is 1. The Hall–Kier alpha value is -1.89. The summed E-state index contributed by atoms with van der Waals surface area (Å²) < 4.78 is 43.0. The summed E-state index contributed by atoms with van der Waals surface area (Å²) in [5.74, 6) is -1.06. The highest BCUT2D eigenvalue weighted by molar-refractivity contribution is 5.99. The number of benzene rings is 1. The Kier molecular flexibility index (Phi) is 6.44. The Morgan fingerprint density at radius 3 is 2.23 bits per heavy atom. The van der Waals surface area contributed by atoms with Crippen LogP contribution < -0.4 is 0 Å². The molecule has 4 nitrogen and oxygen atoms in total. The molecule has 1 aromatic rings. The number of halogens is 3. The van der Waals surface area contributed by atoms with E-state index in [9.17, 15) is 27.9 Å². The maximum absolute atomic E-state index is 12.8. The number of aliphatic hydroxyl groups is 1. The van der Waals surface area contributed by atoms with E-state index in [1.54, 1.807) is 6.92 Å². The molecule has 0 radical (unpaired) electrons. The Labute approximate surface area is 150 Å². The molecule has 1 N–H and O–H groups in total. The number of Topliss-reactive ketones (excluding diaryl/α,β-unsaturated/α-hetero) is 1. The van der Waals surface area contributed by atoms with Gasteiger partial charge in [-0.15, -0.1) is 0 Å². The summed E-state index contributed by atoms with van der Waals surface area (Å²) in [7, 11) is 0. The average Bonchev–Trinajstić information content (AvgIpc) is 2.61. The number of hydrogen-bond donors (Lipinski definition) is 1. The van der Waals surface area contributed by atoms with Crippen LogP contribution in [0.5, 0.6) is 0 Å². The molecule has 1 saturated carbocycles. The maximum atomic E-state index is 12.8. The van der Waals surface area contributed by atoms with Crippen LogP contribution in [-0.4, -0.2) is 23.5 Å². The number of hydrogen-bond acceptors (Lipinski definition) is 4. The third-order valence-corrected chi connectivity index (χ3v) is 4.99. The Bertz CT molecular complexity index is 631. The van der Waals surface area contributed by atoms with E-state index in [4.69, 9.17) is 4.74 Å². The third-order valence-electron chi connectivity index (χ3n) is 4.99. The quantitative estimate of drug-likeness (QED) is 0.600. The summed E-state index contributed by atoms with van der Waals surface area (Å²) in [5.41, 5.74) is -1.73. The maximum Gasteiger partial charge on any atom is 0.416 e. The zero-order chi connectivity index (χ0) is 19.4. The molecule has 0 bridgehead atoms. The fraction of sp³-hybridized carbons (Fsp3) is 0.579. The Morgan fingerprint density at radius 1 is 1.15 bits per heavy atom. The van der Waals surface area contributed by atoms with Crippen LogP contribution in [0.1, 0.15) is 62.7 Å². The highest BCUT2D eigenvalue weighted by atomic mass is 19.4. The van der Waals surface area contributed by atoms with Gasteiger partial charge < -0.3 is 9.84 Å². The summed E-state index contributed by atoms with van der Waals surface area (Å²) in [6.07, 6.45) is -3.03. The summed E-state index contributed by atoms with van der Waals surface area (Å²) in [5, 5.41) is 10.8. The molecule has 0 saturated heterocycles. The average molecular weight is 372 g/mol. The lowest BCUT2D eigenvalue weighted by Gasteiger charge is -2.40. The van der Waals surface area contributed by atoms with E-state index >= 15 is 0 Å². The number of carbonyl (C=O) groups excluding carboxylic acids is 2. The molecule has 1 atom stereocenters. The van der Waals surface area contributed by atoms with E-state index in [0.717, 1.165) is 18.6 Å². The fourth-order valence-electron chi connectivity index (χ4n) is 3.58. The summed E-state index contributed by atoms with van der Waals surface area (Å²) >= 11 is 0. The second-order valence-corrected chi connectivity index (χ2v) is 6.64. The molecule has 144 valence electrons. The minimum atomic E-state index is -4.47. The highest BCUT2D eigenvalue weighted by Crippen LogP contribution is 2.47. The van der Waals surface area contributed by atoms with Gasteiger partial charge in [-0.3, -0.25) is 9.59 Å². The normalized spacial score (nSPS) is 18.2. The minimum Gasteiger partial charge on any atom is -0.466 e. The smallest absolute Gasteiger partial charge is 0.416 e. The van der Waals surface area contributed by atoms with Crippen molar-refractivity contribution < 1.29 is 32.6 Å². The van der Waals surface area contributed by atoms with Crippen molar-refractivity contribution in [3.63, 3.8) is 0 Å². The molecule has 0 heterocycles. The number of rotatable bonds is 6. The number of ketones is 1. The summed E-state index contributed by atoms with van der Waals surface area (Å²) in [6.45, 7) is 1.79. The van der Waals surface area contributed by atoms with Gasteiger partial charge in [0.2, 0.25) is 0 Å². The SMILES string of the molecule is CCOC(=O)CC(=O)C1(C(O)c2ccc(C(F)(F)F)cc2)CCCCC1. The fourth-order valence-corrected chi connectivity index (χ4v) is 3.58. The molecule has 1 unspecified atom stereocenters. The number of aliphatic hydroxyl groups excluding tert-OH is 1. The van der Waals surface area contributed by atoms with Crippen LogP contribution in [0.3, 0.4) is 0 Å². The van der Waals surface area contributed by atoms with Crippen molar-refractivity contribution in [2.75, 3.05) is 6.61 Å².